The fraction of sp³-hybridized carbons (Fsp3) is 0.0714. The zero-order valence-corrected chi connectivity index (χ0v) is 12.0. The van der Waals surface area contributed by atoms with Crippen molar-refractivity contribution in [2.75, 3.05) is 0 Å². The van der Waals surface area contributed by atoms with Crippen molar-refractivity contribution in [1.82, 2.24) is 0 Å². The highest BCUT2D eigenvalue weighted by Crippen LogP contribution is 2.32. The molecule has 0 radical (unpaired) electrons. The van der Waals surface area contributed by atoms with Gasteiger partial charge in [0.15, 0.2) is 0 Å². The molecule has 0 aliphatic carbocycles. The van der Waals surface area contributed by atoms with Crippen molar-refractivity contribution in [3.63, 3.8) is 0 Å². The van der Waals surface area contributed by atoms with Crippen LogP contribution in [0.5, 0.6) is 11.5 Å². The molecule has 0 heterocycles. The fourth-order valence-corrected chi connectivity index (χ4v) is 2.18. The number of hydrogen-bond acceptors (Lipinski definition) is 2. The summed E-state index contributed by atoms with van der Waals surface area (Å²) < 4.78 is 19.1. The number of hydrogen-bond donors (Lipinski definition) is 0. The quantitative estimate of drug-likeness (QED) is 0.733. The van der Waals surface area contributed by atoms with Crippen LogP contribution in [0.4, 0.5) is 4.39 Å². The Balaban J connectivity index is 2.45. The standard InChI is InChI=1S/C14H8BrClFNO/c15-7-9-4-5-10(16)6-14(9)19-13-3-1-2-12(17)11(13)8-18/h1-6H,7H2. The van der Waals surface area contributed by atoms with Crippen molar-refractivity contribution < 1.29 is 9.13 Å². The number of halogens is 3. The van der Waals surface area contributed by atoms with Gasteiger partial charge in [0.05, 0.1) is 0 Å². The normalized spacial score (nSPS) is 10.0. The van der Waals surface area contributed by atoms with Crippen LogP contribution in [0.2, 0.25) is 5.02 Å². The second-order valence-electron chi connectivity index (χ2n) is 3.71. The van der Waals surface area contributed by atoms with E-state index in [1.54, 1.807) is 30.3 Å². The Kier molecular flexibility index (Phi) is 4.41. The third-order valence-electron chi connectivity index (χ3n) is 2.48. The lowest BCUT2D eigenvalue weighted by Gasteiger charge is -2.11. The van der Waals surface area contributed by atoms with E-state index in [0.29, 0.717) is 16.1 Å². The predicted molar refractivity (Wildman–Crippen MR) is 75.3 cm³/mol. The van der Waals surface area contributed by atoms with Crippen molar-refractivity contribution in [3.8, 4) is 17.6 Å². The average Bonchev–Trinajstić information content (AvgIpc) is 2.39. The van der Waals surface area contributed by atoms with E-state index in [-0.39, 0.29) is 11.3 Å². The van der Waals surface area contributed by atoms with Crippen LogP contribution in [0.25, 0.3) is 0 Å². The topological polar surface area (TPSA) is 33.0 Å². The molecule has 2 nitrogen and oxygen atoms in total. The Labute approximate surface area is 123 Å². The van der Waals surface area contributed by atoms with E-state index in [9.17, 15) is 4.39 Å². The second-order valence-corrected chi connectivity index (χ2v) is 4.71. The molecule has 2 aromatic carbocycles. The Hall–Kier alpha value is -1.57. The minimum absolute atomic E-state index is 0.122. The Morgan fingerprint density at radius 2 is 2.05 bits per heavy atom. The highest BCUT2D eigenvalue weighted by atomic mass is 79.9. The summed E-state index contributed by atoms with van der Waals surface area (Å²) in [6.07, 6.45) is 0. The third-order valence-corrected chi connectivity index (χ3v) is 3.32. The summed E-state index contributed by atoms with van der Waals surface area (Å²) in [4.78, 5) is 0. The van der Waals surface area contributed by atoms with Gasteiger partial charge in [0.2, 0.25) is 0 Å². The van der Waals surface area contributed by atoms with Crippen LogP contribution in [0, 0.1) is 17.1 Å². The number of rotatable bonds is 3. The zero-order chi connectivity index (χ0) is 13.8. The van der Waals surface area contributed by atoms with Crippen molar-refractivity contribution in [3.05, 3.63) is 58.4 Å². The summed E-state index contributed by atoms with van der Waals surface area (Å²) in [6.45, 7) is 0. The van der Waals surface area contributed by atoms with Gasteiger partial charge in [0, 0.05) is 15.9 Å². The molecule has 0 N–H and O–H groups in total. The van der Waals surface area contributed by atoms with E-state index in [1.165, 1.54) is 12.1 Å². The molecular weight excluding hydrogens is 333 g/mol. The molecule has 0 aromatic heterocycles. The molecule has 0 atom stereocenters. The average molecular weight is 341 g/mol. The molecule has 0 fully saturated rings. The van der Waals surface area contributed by atoms with E-state index in [2.05, 4.69) is 15.9 Å². The molecule has 0 amide bonds. The molecular formula is C14H8BrClFNO. The van der Waals surface area contributed by atoms with Crippen LogP contribution in [0.15, 0.2) is 36.4 Å². The van der Waals surface area contributed by atoms with Crippen molar-refractivity contribution >= 4 is 27.5 Å². The van der Waals surface area contributed by atoms with Crippen molar-refractivity contribution in [1.29, 1.82) is 5.26 Å². The minimum Gasteiger partial charge on any atom is -0.455 e. The van der Waals surface area contributed by atoms with E-state index < -0.39 is 5.82 Å². The number of nitriles is 1. The number of alkyl halides is 1. The molecule has 0 bridgehead atoms. The number of ether oxygens (including phenoxy) is 1. The molecule has 96 valence electrons. The summed E-state index contributed by atoms with van der Waals surface area (Å²) in [7, 11) is 0. The van der Waals surface area contributed by atoms with Crippen LogP contribution in [0.1, 0.15) is 11.1 Å². The summed E-state index contributed by atoms with van der Waals surface area (Å²) in [6, 6.07) is 11.2. The van der Waals surface area contributed by atoms with Gasteiger partial charge in [-0.2, -0.15) is 5.26 Å². The largest absolute Gasteiger partial charge is 0.455 e. The lowest BCUT2D eigenvalue weighted by molar-refractivity contribution is 0.470. The maximum Gasteiger partial charge on any atom is 0.148 e. The lowest BCUT2D eigenvalue weighted by atomic mass is 10.2. The summed E-state index contributed by atoms with van der Waals surface area (Å²) in [5.41, 5.74) is 0.737. The molecule has 5 heteroatoms. The maximum atomic E-state index is 13.5. The molecule has 0 saturated heterocycles. The van der Waals surface area contributed by atoms with Crippen LogP contribution >= 0.6 is 27.5 Å². The van der Waals surface area contributed by atoms with Gasteiger partial charge >= 0.3 is 0 Å². The van der Waals surface area contributed by atoms with E-state index in [4.69, 9.17) is 21.6 Å². The summed E-state index contributed by atoms with van der Waals surface area (Å²) in [5, 5.41) is 10.0. The maximum absolute atomic E-state index is 13.5. The van der Waals surface area contributed by atoms with Gasteiger partial charge in [-0.15, -0.1) is 0 Å². The first-order valence-electron chi connectivity index (χ1n) is 5.36. The number of benzene rings is 2. The van der Waals surface area contributed by atoms with Gasteiger partial charge in [-0.1, -0.05) is 39.7 Å². The fourth-order valence-electron chi connectivity index (χ4n) is 1.55. The third kappa shape index (κ3) is 3.06. The minimum atomic E-state index is -0.609. The van der Waals surface area contributed by atoms with Gasteiger partial charge < -0.3 is 4.74 Å². The van der Waals surface area contributed by atoms with Crippen molar-refractivity contribution in [2.45, 2.75) is 5.33 Å². The van der Waals surface area contributed by atoms with Crippen molar-refractivity contribution in [2.24, 2.45) is 0 Å². The van der Waals surface area contributed by atoms with Crippen LogP contribution in [0.3, 0.4) is 0 Å². The van der Waals surface area contributed by atoms with Crippen LogP contribution < -0.4 is 4.74 Å². The van der Waals surface area contributed by atoms with Gasteiger partial charge in [-0.3, -0.25) is 0 Å². The van der Waals surface area contributed by atoms with E-state index >= 15 is 0 Å². The molecule has 19 heavy (non-hydrogen) atoms. The molecule has 2 rings (SSSR count). The molecule has 0 saturated carbocycles. The van der Waals surface area contributed by atoms with E-state index in [0.717, 1.165) is 5.56 Å². The molecule has 0 unspecified atom stereocenters. The Morgan fingerprint density at radius 1 is 1.26 bits per heavy atom. The first-order chi connectivity index (χ1) is 9.15. The molecule has 0 spiro atoms. The molecule has 0 aliphatic heterocycles. The zero-order valence-electron chi connectivity index (χ0n) is 9.66. The van der Waals surface area contributed by atoms with Gasteiger partial charge in [0.1, 0.15) is 28.9 Å². The summed E-state index contributed by atoms with van der Waals surface area (Å²) >= 11 is 9.24. The Bertz CT molecular complexity index is 654. The van der Waals surface area contributed by atoms with E-state index in [1.807, 2.05) is 0 Å². The molecule has 0 aliphatic rings. The SMILES string of the molecule is N#Cc1c(F)cccc1Oc1cc(Cl)ccc1CBr. The second kappa shape index (κ2) is 6.05. The number of nitrogens with zero attached hydrogens (tertiary/aromatic N) is 1. The van der Waals surface area contributed by atoms with Gasteiger partial charge in [0.25, 0.3) is 0 Å². The highest BCUT2D eigenvalue weighted by Gasteiger charge is 2.12. The van der Waals surface area contributed by atoms with Gasteiger partial charge in [-0.05, 0) is 24.3 Å². The smallest absolute Gasteiger partial charge is 0.148 e. The van der Waals surface area contributed by atoms with Crippen LogP contribution in [-0.4, -0.2) is 0 Å². The predicted octanol–water partition coefficient (Wildman–Crippen LogP) is 5.04. The first-order valence-corrected chi connectivity index (χ1v) is 6.86. The van der Waals surface area contributed by atoms with Crippen LogP contribution in [-0.2, 0) is 5.33 Å². The molecule has 2 aromatic rings. The first kappa shape index (κ1) is 13.9. The monoisotopic (exact) mass is 339 g/mol. The Morgan fingerprint density at radius 3 is 2.74 bits per heavy atom. The highest BCUT2D eigenvalue weighted by molar-refractivity contribution is 9.08. The summed E-state index contributed by atoms with van der Waals surface area (Å²) in [5.74, 6) is 0.0564. The van der Waals surface area contributed by atoms with Gasteiger partial charge in [-0.25, -0.2) is 4.39 Å². The lowest BCUT2D eigenvalue weighted by Crippen LogP contribution is -1.94.